The summed E-state index contributed by atoms with van der Waals surface area (Å²) in [7, 11) is 2.80. The van der Waals surface area contributed by atoms with E-state index in [1.54, 1.807) is 6.08 Å². The number of nitrogens with zero attached hydrogens (tertiary/aromatic N) is 1. The van der Waals surface area contributed by atoms with Gasteiger partial charge in [0.1, 0.15) is 11.5 Å². The number of nitro groups is 1. The van der Waals surface area contributed by atoms with Crippen LogP contribution in [0.4, 0.5) is 5.69 Å². The fourth-order valence-corrected chi connectivity index (χ4v) is 4.89. The molecule has 0 saturated carbocycles. The van der Waals surface area contributed by atoms with Crippen LogP contribution >= 0.6 is 0 Å². The number of carbonyl (C=O) groups excluding carboxylic acids is 2. The molecule has 250 valence electrons. The van der Waals surface area contributed by atoms with Crippen LogP contribution in [0.1, 0.15) is 92.6 Å². The second-order valence-corrected chi connectivity index (χ2v) is 11.1. The zero-order chi connectivity index (χ0) is 33.9. The summed E-state index contributed by atoms with van der Waals surface area (Å²) in [6.45, 7) is 2.94. The number of esters is 1. The maximum Gasteiger partial charge on any atom is 0.336 e. The molecule has 9 heteroatoms. The highest BCUT2D eigenvalue weighted by atomic mass is 16.6. The lowest BCUT2D eigenvalue weighted by Crippen LogP contribution is -2.04. The number of benzene rings is 3. The Bertz CT molecular complexity index is 1490. The van der Waals surface area contributed by atoms with Gasteiger partial charge in [-0.1, -0.05) is 76.8 Å². The third kappa shape index (κ3) is 12.8. The fraction of sp³-hybridized carbons (Fsp3) is 0.368. The number of methoxy groups -OCH3 is 2. The van der Waals surface area contributed by atoms with Crippen molar-refractivity contribution in [3.63, 3.8) is 0 Å². The van der Waals surface area contributed by atoms with Gasteiger partial charge in [-0.25, -0.2) is 4.79 Å². The van der Waals surface area contributed by atoms with Crippen molar-refractivity contribution in [2.75, 3.05) is 20.8 Å². The summed E-state index contributed by atoms with van der Waals surface area (Å²) in [5, 5.41) is 11.5. The Labute approximate surface area is 277 Å². The highest BCUT2D eigenvalue weighted by Crippen LogP contribution is 2.35. The highest BCUT2D eigenvalue weighted by molar-refractivity contribution is 6.07. The van der Waals surface area contributed by atoms with Crippen molar-refractivity contribution in [2.45, 2.75) is 71.1 Å². The third-order valence-electron chi connectivity index (χ3n) is 7.56. The van der Waals surface area contributed by atoms with Crippen molar-refractivity contribution in [1.82, 2.24) is 0 Å². The molecule has 0 radical (unpaired) electrons. The lowest BCUT2D eigenvalue weighted by Gasteiger charge is -2.08. The molecule has 0 spiro atoms. The summed E-state index contributed by atoms with van der Waals surface area (Å²) in [4.78, 5) is 36.0. The standard InChI is InChI=1S/C38H45NO8/c1-4-5-6-7-8-9-10-11-12-13-26-46-32-20-14-29(15-21-32)16-25-38(41)47-33-22-17-30(18-23-33)35(40)24-19-31-27-36(44-2)37(45-3)28-34(31)39(42)43/h14-25,27-28H,4-13,26H2,1-3H3/b24-19+,25-16+. The minimum atomic E-state index is -0.564. The minimum Gasteiger partial charge on any atom is -0.494 e. The Morgan fingerprint density at radius 3 is 1.89 bits per heavy atom. The third-order valence-corrected chi connectivity index (χ3v) is 7.56. The number of carbonyl (C=O) groups is 2. The maximum absolute atomic E-state index is 12.7. The molecule has 0 aliphatic rings. The lowest BCUT2D eigenvalue weighted by molar-refractivity contribution is -0.385. The van der Waals surface area contributed by atoms with Gasteiger partial charge < -0.3 is 18.9 Å². The van der Waals surface area contributed by atoms with Crippen LogP contribution in [-0.4, -0.2) is 37.5 Å². The molecule has 0 unspecified atom stereocenters. The van der Waals surface area contributed by atoms with E-state index in [4.69, 9.17) is 18.9 Å². The molecular weight excluding hydrogens is 598 g/mol. The Kier molecular flexibility index (Phi) is 15.7. The van der Waals surface area contributed by atoms with Gasteiger partial charge >= 0.3 is 5.97 Å². The topological polar surface area (TPSA) is 114 Å². The number of allylic oxidation sites excluding steroid dienone is 1. The van der Waals surface area contributed by atoms with Crippen LogP contribution in [-0.2, 0) is 4.79 Å². The van der Waals surface area contributed by atoms with E-state index in [1.165, 1.54) is 127 Å². The van der Waals surface area contributed by atoms with Gasteiger partial charge in [-0.15, -0.1) is 0 Å². The van der Waals surface area contributed by atoms with Crippen LogP contribution in [0.5, 0.6) is 23.0 Å². The van der Waals surface area contributed by atoms with Gasteiger partial charge in [0.05, 0.1) is 37.4 Å². The van der Waals surface area contributed by atoms with E-state index >= 15 is 0 Å². The average molecular weight is 644 g/mol. The van der Waals surface area contributed by atoms with Crippen LogP contribution in [0.3, 0.4) is 0 Å². The lowest BCUT2D eigenvalue weighted by atomic mass is 10.1. The largest absolute Gasteiger partial charge is 0.494 e. The van der Waals surface area contributed by atoms with Gasteiger partial charge in [0.15, 0.2) is 17.3 Å². The first kappa shape index (κ1) is 36.5. The van der Waals surface area contributed by atoms with Gasteiger partial charge in [-0.05, 0) is 72.7 Å². The number of hydrogen-bond donors (Lipinski definition) is 0. The predicted octanol–water partition coefficient (Wildman–Crippen LogP) is 9.43. The monoisotopic (exact) mass is 643 g/mol. The molecule has 0 bridgehead atoms. The summed E-state index contributed by atoms with van der Waals surface area (Å²) < 4.78 is 21.5. The van der Waals surface area contributed by atoms with Gasteiger partial charge in [0, 0.05) is 11.6 Å². The summed E-state index contributed by atoms with van der Waals surface area (Å²) in [5.74, 6) is 0.624. The smallest absolute Gasteiger partial charge is 0.336 e. The highest BCUT2D eigenvalue weighted by Gasteiger charge is 2.18. The first-order valence-electron chi connectivity index (χ1n) is 16.2. The number of rotatable bonds is 21. The Morgan fingerprint density at radius 1 is 0.723 bits per heavy atom. The molecule has 0 amide bonds. The van der Waals surface area contributed by atoms with E-state index in [9.17, 15) is 19.7 Å². The maximum atomic E-state index is 12.7. The molecule has 0 aliphatic carbocycles. The molecular formula is C38H45NO8. The average Bonchev–Trinajstić information content (AvgIpc) is 3.09. The molecule has 0 aromatic heterocycles. The molecule has 0 heterocycles. The number of hydrogen-bond acceptors (Lipinski definition) is 8. The van der Waals surface area contributed by atoms with E-state index in [-0.39, 0.29) is 28.5 Å². The molecule has 0 saturated heterocycles. The zero-order valence-corrected chi connectivity index (χ0v) is 27.6. The first-order valence-corrected chi connectivity index (χ1v) is 16.2. The molecule has 3 rings (SSSR count). The number of unbranched alkanes of at least 4 members (excludes halogenated alkanes) is 9. The van der Waals surface area contributed by atoms with E-state index in [0.29, 0.717) is 17.9 Å². The summed E-state index contributed by atoms with van der Waals surface area (Å²) in [6.07, 6.45) is 18.4. The number of ketones is 1. The van der Waals surface area contributed by atoms with Gasteiger partial charge in [0.25, 0.3) is 5.69 Å². The molecule has 47 heavy (non-hydrogen) atoms. The Balaban J connectivity index is 1.42. The summed E-state index contributed by atoms with van der Waals surface area (Å²) in [6, 6.07) is 16.2. The predicted molar refractivity (Wildman–Crippen MR) is 184 cm³/mol. The Morgan fingerprint density at radius 2 is 1.30 bits per heavy atom. The van der Waals surface area contributed by atoms with E-state index < -0.39 is 10.9 Å². The molecule has 0 aliphatic heterocycles. The second kappa shape index (κ2) is 20.3. The zero-order valence-electron chi connectivity index (χ0n) is 27.6. The van der Waals surface area contributed by atoms with E-state index in [1.807, 2.05) is 24.3 Å². The summed E-state index contributed by atoms with van der Waals surface area (Å²) in [5.41, 5.74) is 1.10. The Hall–Kier alpha value is -4.92. The van der Waals surface area contributed by atoms with Crippen molar-refractivity contribution in [3.8, 4) is 23.0 Å². The van der Waals surface area contributed by atoms with E-state index in [2.05, 4.69) is 6.92 Å². The van der Waals surface area contributed by atoms with E-state index in [0.717, 1.165) is 17.7 Å². The van der Waals surface area contributed by atoms with Crippen molar-refractivity contribution in [1.29, 1.82) is 0 Å². The molecule has 9 nitrogen and oxygen atoms in total. The van der Waals surface area contributed by atoms with Crippen molar-refractivity contribution in [3.05, 3.63) is 99.6 Å². The van der Waals surface area contributed by atoms with Crippen LogP contribution < -0.4 is 18.9 Å². The minimum absolute atomic E-state index is 0.185. The number of nitro benzene ring substituents is 1. The quantitative estimate of drug-likeness (QED) is 0.0214. The van der Waals surface area contributed by atoms with Gasteiger partial charge in [-0.2, -0.15) is 0 Å². The number of ether oxygens (including phenoxy) is 4. The van der Waals surface area contributed by atoms with Gasteiger partial charge in [0.2, 0.25) is 0 Å². The molecule has 3 aromatic carbocycles. The van der Waals surface area contributed by atoms with Gasteiger partial charge in [-0.3, -0.25) is 14.9 Å². The van der Waals surface area contributed by atoms with Crippen molar-refractivity contribution >= 4 is 29.6 Å². The van der Waals surface area contributed by atoms with Crippen LogP contribution in [0, 0.1) is 10.1 Å². The summed E-state index contributed by atoms with van der Waals surface area (Å²) >= 11 is 0. The molecule has 0 atom stereocenters. The van der Waals surface area contributed by atoms with Crippen molar-refractivity contribution < 1.29 is 33.5 Å². The van der Waals surface area contributed by atoms with Crippen molar-refractivity contribution in [2.24, 2.45) is 0 Å². The fourth-order valence-electron chi connectivity index (χ4n) is 4.89. The van der Waals surface area contributed by atoms with Crippen LogP contribution in [0.25, 0.3) is 12.2 Å². The SMILES string of the molecule is CCCCCCCCCCCCOc1ccc(/C=C/C(=O)Oc2ccc(C(=O)/C=C/c3cc(OC)c(OC)cc3[N+](=O)[O-])cc2)cc1. The molecule has 3 aromatic rings. The molecule has 0 N–H and O–H groups in total. The molecule has 0 fully saturated rings. The first-order chi connectivity index (χ1) is 22.8. The van der Waals surface area contributed by atoms with Crippen LogP contribution in [0.2, 0.25) is 0 Å². The van der Waals surface area contributed by atoms with Crippen LogP contribution in [0.15, 0.2) is 72.8 Å². The normalized spacial score (nSPS) is 11.1. The second-order valence-electron chi connectivity index (χ2n) is 11.1.